The van der Waals surface area contributed by atoms with Crippen LogP contribution in [0.2, 0.25) is 0 Å². The van der Waals surface area contributed by atoms with Gasteiger partial charge in [0.1, 0.15) is 5.75 Å². The van der Waals surface area contributed by atoms with Crippen LogP contribution in [0, 0.1) is 12.3 Å². The van der Waals surface area contributed by atoms with E-state index < -0.39 is 0 Å². The zero-order chi connectivity index (χ0) is 14.8. The summed E-state index contributed by atoms with van der Waals surface area (Å²) in [6, 6.07) is 6.03. The molecule has 4 heteroatoms. The van der Waals surface area contributed by atoms with Gasteiger partial charge in [0.25, 0.3) is 0 Å². The third kappa shape index (κ3) is 2.66. The van der Waals surface area contributed by atoms with Crippen molar-refractivity contribution in [1.29, 1.82) is 0 Å². The predicted octanol–water partition coefficient (Wildman–Crippen LogP) is 2.09. The number of nitrogens with zero attached hydrogens (tertiary/aromatic N) is 1. The second-order valence-corrected chi connectivity index (χ2v) is 5.81. The van der Waals surface area contributed by atoms with Gasteiger partial charge in [0, 0.05) is 25.7 Å². The third-order valence-corrected chi connectivity index (χ3v) is 4.35. The number of carbonyl (C=O) groups excluding carboxylic acids is 1. The lowest BCUT2D eigenvalue weighted by molar-refractivity contribution is -0.145. The van der Waals surface area contributed by atoms with Gasteiger partial charge in [-0.05, 0) is 25.8 Å². The second-order valence-electron chi connectivity index (χ2n) is 5.81. The van der Waals surface area contributed by atoms with Crippen molar-refractivity contribution >= 4 is 5.91 Å². The van der Waals surface area contributed by atoms with E-state index in [2.05, 4.69) is 6.07 Å². The van der Waals surface area contributed by atoms with Crippen LogP contribution in [0.5, 0.6) is 5.75 Å². The van der Waals surface area contributed by atoms with Gasteiger partial charge in [0.15, 0.2) is 0 Å². The van der Waals surface area contributed by atoms with Gasteiger partial charge in [-0.2, -0.15) is 0 Å². The molecule has 0 unspecified atom stereocenters. The van der Waals surface area contributed by atoms with Crippen molar-refractivity contribution < 1.29 is 9.53 Å². The van der Waals surface area contributed by atoms with Crippen LogP contribution in [-0.4, -0.2) is 31.5 Å². The molecule has 4 nitrogen and oxygen atoms in total. The summed E-state index contributed by atoms with van der Waals surface area (Å²) >= 11 is 0. The maximum absolute atomic E-state index is 12.6. The third-order valence-electron chi connectivity index (χ3n) is 4.35. The van der Waals surface area contributed by atoms with E-state index >= 15 is 0 Å². The molecule has 1 aliphatic carbocycles. The first-order chi connectivity index (χ1) is 9.52. The van der Waals surface area contributed by atoms with E-state index in [1.165, 1.54) is 5.56 Å². The molecular weight excluding hydrogens is 252 g/mol. The topological polar surface area (TPSA) is 55.6 Å². The Bertz CT molecular complexity index is 490. The fraction of sp³-hybridized carbons (Fsp3) is 0.562. The Morgan fingerprint density at radius 1 is 1.45 bits per heavy atom. The fourth-order valence-electron chi connectivity index (χ4n) is 2.87. The maximum atomic E-state index is 12.6. The van der Waals surface area contributed by atoms with Gasteiger partial charge < -0.3 is 15.4 Å². The lowest BCUT2D eigenvalue weighted by Crippen LogP contribution is -2.50. The Hall–Kier alpha value is -1.55. The summed E-state index contributed by atoms with van der Waals surface area (Å²) in [5.74, 6) is 0.987. The number of amides is 1. The van der Waals surface area contributed by atoms with Crippen LogP contribution < -0.4 is 10.5 Å². The molecule has 1 aliphatic rings. The van der Waals surface area contributed by atoms with Crippen LogP contribution in [0.25, 0.3) is 0 Å². The van der Waals surface area contributed by atoms with Crippen molar-refractivity contribution in [2.75, 3.05) is 20.7 Å². The van der Waals surface area contributed by atoms with Crippen molar-refractivity contribution in [3.63, 3.8) is 0 Å². The highest BCUT2D eigenvalue weighted by Crippen LogP contribution is 2.41. The maximum Gasteiger partial charge on any atom is 0.230 e. The summed E-state index contributed by atoms with van der Waals surface area (Å²) in [6.45, 7) is 3.05. The van der Waals surface area contributed by atoms with Gasteiger partial charge in [0.05, 0.1) is 12.5 Å². The molecule has 0 atom stereocenters. The molecule has 0 aromatic heterocycles. The van der Waals surface area contributed by atoms with E-state index in [-0.39, 0.29) is 11.3 Å². The number of benzene rings is 1. The fourth-order valence-corrected chi connectivity index (χ4v) is 2.87. The molecule has 0 heterocycles. The van der Waals surface area contributed by atoms with Gasteiger partial charge in [-0.1, -0.05) is 24.1 Å². The smallest absolute Gasteiger partial charge is 0.230 e. The Balaban J connectivity index is 2.13. The number of hydrogen-bond donors (Lipinski definition) is 1. The molecule has 1 aromatic rings. The molecule has 110 valence electrons. The van der Waals surface area contributed by atoms with E-state index in [1.54, 1.807) is 12.0 Å². The quantitative estimate of drug-likeness (QED) is 0.896. The van der Waals surface area contributed by atoms with Crippen molar-refractivity contribution in [2.24, 2.45) is 11.1 Å². The van der Waals surface area contributed by atoms with Crippen LogP contribution in [0.1, 0.15) is 30.4 Å². The first-order valence-corrected chi connectivity index (χ1v) is 7.11. The highest BCUT2D eigenvalue weighted by atomic mass is 16.5. The molecule has 2 N–H and O–H groups in total. The molecule has 1 amide bonds. The first kappa shape index (κ1) is 14.9. The van der Waals surface area contributed by atoms with Crippen molar-refractivity contribution in [3.8, 4) is 5.75 Å². The molecule has 1 fully saturated rings. The van der Waals surface area contributed by atoms with Crippen molar-refractivity contribution in [1.82, 2.24) is 4.90 Å². The highest BCUT2D eigenvalue weighted by molar-refractivity contribution is 5.83. The molecule has 0 saturated heterocycles. The Morgan fingerprint density at radius 3 is 2.65 bits per heavy atom. The molecular formula is C16H24N2O2. The lowest BCUT2D eigenvalue weighted by atomic mass is 9.68. The summed E-state index contributed by atoms with van der Waals surface area (Å²) in [5.41, 5.74) is 7.70. The summed E-state index contributed by atoms with van der Waals surface area (Å²) in [4.78, 5) is 14.4. The lowest BCUT2D eigenvalue weighted by Gasteiger charge is -2.41. The molecule has 0 spiro atoms. The number of ether oxygens (including phenoxy) is 1. The van der Waals surface area contributed by atoms with E-state index in [4.69, 9.17) is 10.5 Å². The molecule has 0 aliphatic heterocycles. The minimum atomic E-state index is -0.314. The van der Waals surface area contributed by atoms with E-state index in [0.29, 0.717) is 13.1 Å². The Kier molecular flexibility index (Phi) is 4.33. The van der Waals surface area contributed by atoms with Gasteiger partial charge in [0.2, 0.25) is 5.91 Å². The summed E-state index contributed by atoms with van der Waals surface area (Å²) in [6.07, 6.45) is 2.93. The number of hydrogen-bond acceptors (Lipinski definition) is 3. The number of nitrogens with two attached hydrogens (primary N) is 1. The number of aryl methyl sites for hydroxylation is 1. The molecule has 2 rings (SSSR count). The largest absolute Gasteiger partial charge is 0.496 e. The summed E-state index contributed by atoms with van der Waals surface area (Å²) < 4.78 is 5.37. The summed E-state index contributed by atoms with van der Waals surface area (Å²) in [7, 11) is 3.50. The SMILES string of the molecule is COc1ccc(C)cc1CN(C)C(=O)C1(CN)CCC1. The van der Waals surface area contributed by atoms with Crippen LogP contribution in [0.3, 0.4) is 0 Å². The van der Waals surface area contributed by atoms with E-state index in [1.807, 2.05) is 26.1 Å². The standard InChI is InChI=1S/C16H24N2O2/c1-12-5-6-14(20-3)13(9-12)10-18(2)15(19)16(11-17)7-4-8-16/h5-6,9H,4,7-8,10-11,17H2,1-3H3. The molecule has 1 aromatic carbocycles. The molecule has 20 heavy (non-hydrogen) atoms. The zero-order valence-electron chi connectivity index (χ0n) is 12.6. The van der Waals surface area contributed by atoms with Gasteiger partial charge in [-0.3, -0.25) is 4.79 Å². The van der Waals surface area contributed by atoms with E-state index in [9.17, 15) is 4.79 Å². The van der Waals surface area contributed by atoms with Crippen molar-refractivity contribution in [2.45, 2.75) is 32.7 Å². The Morgan fingerprint density at radius 2 is 2.15 bits per heavy atom. The van der Waals surface area contributed by atoms with Crippen molar-refractivity contribution in [3.05, 3.63) is 29.3 Å². The second kappa shape index (κ2) is 5.83. The van der Waals surface area contributed by atoms with Crippen LogP contribution in [0.4, 0.5) is 0 Å². The van der Waals surface area contributed by atoms with Crippen LogP contribution >= 0.6 is 0 Å². The zero-order valence-corrected chi connectivity index (χ0v) is 12.6. The minimum Gasteiger partial charge on any atom is -0.496 e. The van der Waals surface area contributed by atoms with Gasteiger partial charge >= 0.3 is 0 Å². The number of methoxy groups -OCH3 is 1. The van der Waals surface area contributed by atoms with E-state index in [0.717, 1.165) is 30.6 Å². The predicted molar refractivity (Wildman–Crippen MR) is 79.5 cm³/mol. The average molecular weight is 276 g/mol. The first-order valence-electron chi connectivity index (χ1n) is 7.11. The average Bonchev–Trinajstić information content (AvgIpc) is 2.38. The molecule has 1 saturated carbocycles. The normalized spacial score (nSPS) is 16.4. The number of carbonyl (C=O) groups is 1. The van der Waals surface area contributed by atoms with Crippen LogP contribution in [-0.2, 0) is 11.3 Å². The Labute approximate surface area is 120 Å². The monoisotopic (exact) mass is 276 g/mol. The molecule has 0 bridgehead atoms. The summed E-state index contributed by atoms with van der Waals surface area (Å²) in [5, 5.41) is 0. The molecule has 0 radical (unpaired) electrons. The van der Waals surface area contributed by atoms with Gasteiger partial charge in [-0.25, -0.2) is 0 Å². The number of rotatable bonds is 5. The van der Waals surface area contributed by atoms with Crippen LogP contribution in [0.15, 0.2) is 18.2 Å². The highest BCUT2D eigenvalue weighted by Gasteiger charge is 2.44. The minimum absolute atomic E-state index is 0.162. The van der Waals surface area contributed by atoms with Gasteiger partial charge in [-0.15, -0.1) is 0 Å².